The van der Waals surface area contributed by atoms with E-state index in [1.54, 1.807) is 12.4 Å². The molecule has 140 valence electrons. The van der Waals surface area contributed by atoms with E-state index in [1.807, 2.05) is 18.2 Å². The summed E-state index contributed by atoms with van der Waals surface area (Å²) in [4.78, 5) is 4.09. The summed E-state index contributed by atoms with van der Waals surface area (Å²) in [5, 5.41) is 2.20. The largest absolute Gasteiger partial charge is 0.494 e. The Kier molecular flexibility index (Phi) is 3.70. The minimum absolute atomic E-state index is 0.361. The van der Waals surface area contributed by atoms with Crippen molar-refractivity contribution in [3.05, 3.63) is 60.9 Å². The van der Waals surface area contributed by atoms with Crippen LogP contribution in [-0.2, 0) is 9.31 Å². The van der Waals surface area contributed by atoms with Crippen molar-refractivity contribution in [3.63, 3.8) is 0 Å². The van der Waals surface area contributed by atoms with E-state index in [1.165, 1.54) is 0 Å². The van der Waals surface area contributed by atoms with Crippen molar-refractivity contribution in [1.82, 2.24) is 4.98 Å². The summed E-state index contributed by atoms with van der Waals surface area (Å²) >= 11 is 0. The molecule has 0 spiro atoms. The topological polar surface area (TPSA) is 44.5 Å². The Labute approximate surface area is 164 Å². The Hall–Kier alpha value is -2.63. The predicted molar refractivity (Wildman–Crippen MR) is 113 cm³/mol. The molecule has 0 atom stereocenters. The van der Waals surface area contributed by atoms with Gasteiger partial charge in [0.05, 0.1) is 11.2 Å². The number of hydrogen-bond acceptors (Lipinski definition) is 4. The second-order valence-corrected chi connectivity index (χ2v) is 8.39. The van der Waals surface area contributed by atoms with Gasteiger partial charge in [0.25, 0.3) is 0 Å². The Balaban J connectivity index is 1.56. The third kappa shape index (κ3) is 2.66. The van der Waals surface area contributed by atoms with Crippen molar-refractivity contribution >= 4 is 34.5 Å². The molecule has 1 aliphatic heterocycles. The van der Waals surface area contributed by atoms with Crippen LogP contribution in [0.15, 0.2) is 65.3 Å². The number of aromatic nitrogens is 1. The lowest BCUT2D eigenvalue weighted by molar-refractivity contribution is 0.00578. The van der Waals surface area contributed by atoms with Gasteiger partial charge in [0.1, 0.15) is 11.2 Å². The SMILES string of the molecule is CC1(C)OB(c2ccc3c(c2)oc2cc(-c4ccncc4)ccc23)OC1(C)C. The first-order chi connectivity index (χ1) is 13.3. The highest BCUT2D eigenvalue weighted by Gasteiger charge is 2.51. The summed E-state index contributed by atoms with van der Waals surface area (Å²) in [6.45, 7) is 8.25. The van der Waals surface area contributed by atoms with Crippen molar-refractivity contribution in [2.45, 2.75) is 38.9 Å². The van der Waals surface area contributed by atoms with Gasteiger partial charge in [-0.15, -0.1) is 0 Å². The Morgan fingerprint density at radius 2 is 1.32 bits per heavy atom. The van der Waals surface area contributed by atoms with Crippen molar-refractivity contribution in [2.24, 2.45) is 0 Å². The van der Waals surface area contributed by atoms with Gasteiger partial charge in [-0.3, -0.25) is 4.98 Å². The summed E-state index contributed by atoms with van der Waals surface area (Å²) in [6, 6.07) is 16.5. The molecule has 28 heavy (non-hydrogen) atoms. The highest BCUT2D eigenvalue weighted by Crippen LogP contribution is 2.37. The molecule has 5 heteroatoms. The van der Waals surface area contributed by atoms with Crippen LogP contribution in [-0.4, -0.2) is 23.3 Å². The van der Waals surface area contributed by atoms with E-state index in [4.69, 9.17) is 13.7 Å². The molecular weight excluding hydrogens is 349 g/mol. The molecule has 0 aliphatic carbocycles. The monoisotopic (exact) mass is 371 g/mol. The first-order valence-corrected chi connectivity index (χ1v) is 9.56. The van der Waals surface area contributed by atoms with E-state index in [-0.39, 0.29) is 11.2 Å². The van der Waals surface area contributed by atoms with Crippen LogP contribution in [0.1, 0.15) is 27.7 Å². The van der Waals surface area contributed by atoms with Gasteiger partial charge in [0, 0.05) is 23.2 Å². The smallest absolute Gasteiger partial charge is 0.456 e. The molecule has 0 N–H and O–H groups in total. The molecule has 1 fully saturated rings. The fourth-order valence-corrected chi connectivity index (χ4v) is 3.64. The van der Waals surface area contributed by atoms with Gasteiger partial charge >= 0.3 is 7.12 Å². The molecule has 0 amide bonds. The summed E-state index contributed by atoms with van der Waals surface area (Å²) in [5.74, 6) is 0. The number of nitrogens with zero attached hydrogens (tertiary/aromatic N) is 1. The van der Waals surface area contributed by atoms with Gasteiger partial charge < -0.3 is 13.7 Å². The van der Waals surface area contributed by atoms with E-state index in [9.17, 15) is 0 Å². The molecule has 0 radical (unpaired) electrons. The summed E-state index contributed by atoms with van der Waals surface area (Å²) in [7, 11) is -0.394. The Morgan fingerprint density at radius 3 is 2.00 bits per heavy atom. The normalized spacial score (nSPS) is 18.2. The van der Waals surface area contributed by atoms with Crippen molar-refractivity contribution in [3.8, 4) is 11.1 Å². The minimum atomic E-state index is -0.394. The van der Waals surface area contributed by atoms with Gasteiger partial charge in [0.15, 0.2) is 0 Å². The summed E-state index contributed by atoms with van der Waals surface area (Å²) in [5.41, 5.74) is 4.19. The fraction of sp³-hybridized carbons (Fsp3) is 0.261. The van der Waals surface area contributed by atoms with E-state index in [0.29, 0.717) is 0 Å². The van der Waals surface area contributed by atoms with Crippen LogP contribution in [0.25, 0.3) is 33.1 Å². The minimum Gasteiger partial charge on any atom is -0.456 e. The fourth-order valence-electron chi connectivity index (χ4n) is 3.64. The Morgan fingerprint density at radius 1 is 0.714 bits per heavy atom. The van der Waals surface area contributed by atoms with Gasteiger partial charge in [-0.05, 0) is 74.6 Å². The van der Waals surface area contributed by atoms with E-state index in [0.717, 1.165) is 38.5 Å². The molecule has 4 aromatic rings. The zero-order valence-corrected chi connectivity index (χ0v) is 16.5. The maximum Gasteiger partial charge on any atom is 0.494 e. The molecule has 1 aliphatic rings. The first-order valence-electron chi connectivity index (χ1n) is 9.56. The predicted octanol–water partition coefficient (Wildman–Crippen LogP) is 4.95. The zero-order chi connectivity index (χ0) is 19.5. The molecule has 4 nitrogen and oxygen atoms in total. The standard InChI is InChI=1S/C23H22BNO3/c1-22(2)23(3,4)28-24(27-22)17-6-8-19-18-7-5-16(15-9-11-25-12-10-15)13-20(18)26-21(19)14-17/h5-14H,1-4H3. The maximum atomic E-state index is 6.19. The number of furan rings is 1. The lowest BCUT2D eigenvalue weighted by Crippen LogP contribution is -2.41. The van der Waals surface area contributed by atoms with Crippen molar-refractivity contribution in [1.29, 1.82) is 0 Å². The summed E-state index contributed by atoms with van der Waals surface area (Å²) in [6.07, 6.45) is 3.60. The molecule has 0 bridgehead atoms. The van der Waals surface area contributed by atoms with Gasteiger partial charge in [0.2, 0.25) is 0 Å². The lowest BCUT2D eigenvalue weighted by Gasteiger charge is -2.32. The molecule has 0 unspecified atom stereocenters. The summed E-state index contributed by atoms with van der Waals surface area (Å²) < 4.78 is 18.6. The molecule has 2 aromatic heterocycles. The maximum absolute atomic E-state index is 6.19. The van der Waals surface area contributed by atoms with Crippen LogP contribution in [0.3, 0.4) is 0 Å². The van der Waals surface area contributed by atoms with Gasteiger partial charge in [-0.2, -0.15) is 0 Å². The van der Waals surface area contributed by atoms with E-state index in [2.05, 4.69) is 63.0 Å². The van der Waals surface area contributed by atoms with Crippen LogP contribution in [0.5, 0.6) is 0 Å². The third-order valence-electron chi connectivity index (χ3n) is 6.04. The van der Waals surface area contributed by atoms with Crippen LogP contribution in [0, 0.1) is 0 Å². The lowest BCUT2D eigenvalue weighted by atomic mass is 9.79. The average molecular weight is 371 g/mol. The van der Waals surface area contributed by atoms with Crippen LogP contribution >= 0.6 is 0 Å². The second kappa shape index (κ2) is 5.93. The van der Waals surface area contributed by atoms with Gasteiger partial charge in [-0.25, -0.2) is 0 Å². The molecule has 5 rings (SSSR count). The second-order valence-electron chi connectivity index (χ2n) is 8.39. The number of rotatable bonds is 2. The number of hydrogen-bond donors (Lipinski definition) is 0. The number of benzene rings is 2. The molecule has 2 aromatic carbocycles. The van der Waals surface area contributed by atoms with Crippen molar-refractivity contribution < 1.29 is 13.7 Å². The number of fused-ring (bicyclic) bond motifs is 3. The molecule has 3 heterocycles. The average Bonchev–Trinajstić information content (AvgIpc) is 3.14. The third-order valence-corrected chi connectivity index (χ3v) is 6.04. The first kappa shape index (κ1) is 17.5. The zero-order valence-electron chi connectivity index (χ0n) is 16.5. The van der Waals surface area contributed by atoms with Gasteiger partial charge in [-0.1, -0.05) is 18.2 Å². The molecule has 1 saturated heterocycles. The number of pyridine rings is 1. The van der Waals surface area contributed by atoms with E-state index < -0.39 is 7.12 Å². The van der Waals surface area contributed by atoms with Crippen molar-refractivity contribution in [2.75, 3.05) is 0 Å². The van der Waals surface area contributed by atoms with Crippen LogP contribution in [0.4, 0.5) is 0 Å². The van der Waals surface area contributed by atoms with E-state index >= 15 is 0 Å². The molecule has 0 saturated carbocycles. The highest BCUT2D eigenvalue weighted by molar-refractivity contribution is 6.62. The molecular formula is C23H22BNO3. The quantitative estimate of drug-likeness (QED) is 0.468. The van der Waals surface area contributed by atoms with Crippen LogP contribution < -0.4 is 5.46 Å². The highest BCUT2D eigenvalue weighted by atomic mass is 16.7. The Bertz CT molecular complexity index is 1160. The van der Waals surface area contributed by atoms with Crippen LogP contribution in [0.2, 0.25) is 0 Å².